The van der Waals surface area contributed by atoms with Crippen LogP contribution >= 0.6 is 0 Å². The summed E-state index contributed by atoms with van der Waals surface area (Å²) in [7, 11) is 4.42. The Hall–Kier alpha value is -2.75. The third-order valence-electron chi connectivity index (χ3n) is 3.21. The van der Waals surface area contributed by atoms with Gasteiger partial charge in [-0.05, 0) is 17.2 Å². The zero-order valence-corrected chi connectivity index (χ0v) is 12.8. The molecule has 22 heavy (non-hydrogen) atoms. The minimum absolute atomic E-state index is 0.373. The molecular weight excluding hydrogens is 280 g/mol. The van der Waals surface area contributed by atoms with Crippen molar-refractivity contribution in [1.82, 2.24) is 0 Å². The molecular formula is C18H18O4. The number of carbonyl (C=O) groups is 1. The lowest BCUT2D eigenvalue weighted by molar-refractivity contribution is 0.0597. The van der Waals surface area contributed by atoms with E-state index in [2.05, 4.69) is 0 Å². The van der Waals surface area contributed by atoms with E-state index in [1.807, 2.05) is 42.5 Å². The van der Waals surface area contributed by atoms with Crippen LogP contribution in [0.3, 0.4) is 0 Å². The molecule has 0 N–H and O–H groups in total. The third kappa shape index (κ3) is 3.47. The summed E-state index contributed by atoms with van der Waals surface area (Å²) in [6.45, 7) is 0. The summed E-state index contributed by atoms with van der Waals surface area (Å²) < 4.78 is 15.4. The van der Waals surface area contributed by atoms with Gasteiger partial charge in [-0.15, -0.1) is 0 Å². The molecule has 2 aromatic rings. The Balaban J connectivity index is 2.52. The van der Waals surface area contributed by atoms with Gasteiger partial charge in [0.25, 0.3) is 0 Å². The SMILES string of the molecule is COC(=O)c1c(C=Cc2ccccc2)cc(OC)cc1OC. The minimum atomic E-state index is -0.452. The molecule has 0 fully saturated rings. The van der Waals surface area contributed by atoms with Crippen LogP contribution in [0.25, 0.3) is 12.2 Å². The van der Waals surface area contributed by atoms with E-state index in [0.717, 1.165) is 5.56 Å². The molecule has 0 aromatic heterocycles. The van der Waals surface area contributed by atoms with E-state index in [9.17, 15) is 4.79 Å². The number of rotatable bonds is 5. The summed E-state index contributed by atoms with van der Waals surface area (Å²) in [6.07, 6.45) is 3.76. The number of methoxy groups -OCH3 is 3. The van der Waals surface area contributed by atoms with Crippen molar-refractivity contribution < 1.29 is 19.0 Å². The van der Waals surface area contributed by atoms with E-state index in [1.165, 1.54) is 14.2 Å². The molecule has 4 heteroatoms. The predicted molar refractivity (Wildman–Crippen MR) is 86.3 cm³/mol. The summed E-state index contributed by atoms with van der Waals surface area (Å²) in [5.74, 6) is 0.573. The lowest BCUT2D eigenvalue weighted by Gasteiger charge is -2.12. The van der Waals surface area contributed by atoms with Gasteiger partial charge >= 0.3 is 5.97 Å². The maximum Gasteiger partial charge on any atom is 0.342 e. The maximum absolute atomic E-state index is 12.0. The summed E-state index contributed by atoms with van der Waals surface area (Å²) in [4.78, 5) is 12.0. The molecule has 0 radical (unpaired) electrons. The second kappa shape index (κ2) is 7.31. The first-order valence-electron chi connectivity index (χ1n) is 6.77. The molecule has 2 rings (SSSR count). The Morgan fingerprint density at radius 3 is 2.27 bits per heavy atom. The molecule has 0 amide bonds. The van der Waals surface area contributed by atoms with Crippen molar-refractivity contribution in [2.75, 3.05) is 21.3 Å². The fourth-order valence-corrected chi connectivity index (χ4v) is 2.09. The van der Waals surface area contributed by atoms with E-state index in [-0.39, 0.29) is 0 Å². The zero-order chi connectivity index (χ0) is 15.9. The van der Waals surface area contributed by atoms with Crippen LogP contribution in [-0.2, 0) is 4.74 Å². The van der Waals surface area contributed by atoms with Crippen molar-refractivity contribution in [2.24, 2.45) is 0 Å². The number of ether oxygens (including phenoxy) is 3. The number of hydrogen-bond acceptors (Lipinski definition) is 4. The second-order valence-corrected chi connectivity index (χ2v) is 4.53. The van der Waals surface area contributed by atoms with Gasteiger partial charge in [0.2, 0.25) is 0 Å². The fraction of sp³-hybridized carbons (Fsp3) is 0.167. The first kappa shape index (κ1) is 15.6. The van der Waals surface area contributed by atoms with Gasteiger partial charge in [-0.3, -0.25) is 0 Å². The summed E-state index contributed by atoms with van der Waals surface area (Å²) >= 11 is 0. The van der Waals surface area contributed by atoms with E-state index in [4.69, 9.17) is 14.2 Å². The molecule has 0 heterocycles. The maximum atomic E-state index is 12.0. The number of hydrogen-bond donors (Lipinski definition) is 0. The molecule has 0 bridgehead atoms. The topological polar surface area (TPSA) is 44.8 Å². The van der Waals surface area contributed by atoms with Gasteiger partial charge in [0, 0.05) is 6.07 Å². The summed E-state index contributed by atoms with van der Waals surface area (Å²) in [6, 6.07) is 13.2. The van der Waals surface area contributed by atoms with Crippen molar-refractivity contribution >= 4 is 18.1 Å². The van der Waals surface area contributed by atoms with Crippen molar-refractivity contribution in [3.63, 3.8) is 0 Å². The largest absolute Gasteiger partial charge is 0.497 e. The average molecular weight is 298 g/mol. The second-order valence-electron chi connectivity index (χ2n) is 4.53. The first-order chi connectivity index (χ1) is 10.7. The standard InChI is InChI=1S/C18H18O4/c1-20-15-11-14(10-9-13-7-5-4-6-8-13)17(18(19)22-3)16(12-15)21-2/h4-12H,1-3H3. The molecule has 4 nitrogen and oxygen atoms in total. The van der Waals surface area contributed by atoms with Crippen LogP contribution in [0.5, 0.6) is 11.5 Å². The molecule has 0 spiro atoms. The van der Waals surface area contributed by atoms with E-state index >= 15 is 0 Å². The molecule has 0 aliphatic rings. The normalized spacial score (nSPS) is 10.5. The van der Waals surface area contributed by atoms with Gasteiger partial charge in [0.1, 0.15) is 17.1 Å². The van der Waals surface area contributed by atoms with E-state index < -0.39 is 5.97 Å². The number of esters is 1. The van der Waals surface area contributed by atoms with Gasteiger partial charge in [-0.2, -0.15) is 0 Å². The van der Waals surface area contributed by atoms with Gasteiger partial charge in [-0.25, -0.2) is 4.79 Å². The van der Waals surface area contributed by atoms with Gasteiger partial charge in [0.05, 0.1) is 21.3 Å². The van der Waals surface area contributed by atoms with Gasteiger partial charge in [-0.1, -0.05) is 42.5 Å². The molecule has 0 atom stereocenters. The Kier molecular flexibility index (Phi) is 5.20. The zero-order valence-electron chi connectivity index (χ0n) is 12.8. The van der Waals surface area contributed by atoms with Crippen molar-refractivity contribution in [2.45, 2.75) is 0 Å². The Morgan fingerprint density at radius 1 is 0.955 bits per heavy atom. The van der Waals surface area contributed by atoms with Crippen LogP contribution < -0.4 is 9.47 Å². The van der Waals surface area contributed by atoms with Crippen LogP contribution in [0.15, 0.2) is 42.5 Å². The van der Waals surface area contributed by atoms with Crippen LogP contribution in [0, 0.1) is 0 Å². The van der Waals surface area contributed by atoms with Gasteiger partial charge in [0.15, 0.2) is 0 Å². The highest BCUT2D eigenvalue weighted by Crippen LogP contribution is 2.30. The Morgan fingerprint density at radius 2 is 1.68 bits per heavy atom. The quantitative estimate of drug-likeness (QED) is 0.624. The number of carbonyl (C=O) groups excluding carboxylic acids is 1. The lowest BCUT2D eigenvalue weighted by Crippen LogP contribution is -2.07. The average Bonchev–Trinajstić information content (AvgIpc) is 2.59. The molecule has 0 saturated carbocycles. The molecule has 0 saturated heterocycles. The smallest absolute Gasteiger partial charge is 0.342 e. The third-order valence-corrected chi connectivity index (χ3v) is 3.21. The molecule has 0 aliphatic carbocycles. The minimum Gasteiger partial charge on any atom is -0.497 e. The summed E-state index contributed by atoms with van der Waals surface area (Å²) in [5, 5.41) is 0. The lowest BCUT2D eigenvalue weighted by atomic mass is 10.0. The van der Waals surface area contributed by atoms with Crippen LogP contribution in [0.1, 0.15) is 21.5 Å². The highest BCUT2D eigenvalue weighted by atomic mass is 16.5. The van der Waals surface area contributed by atoms with Crippen LogP contribution in [0.4, 0.5) is 0 Å². The van der Waals surface area contributed by atoms with Crippen LogP contribution in [-0.4, -0.2) is 27.3 Å². The highest BCUT2D eigenvalue weighted by molar-refractivity contribution is 5.98. The molecule has 2 aromatic carbocycles. The first-order valence-corrected chi connectivity index (χ1v) is 6.77. The van der Waals surface area contributed by atoms with Crippen LogP contribution in [0.2, 0.25) is 0 Å². The van der Waals surface area contributed by atoms with E-state index in [1.54, 1.807) is 19.2 Å². The predicted octanol–water partition coefficient (Wildman–Crippen LogP) is 3.66. The van der Waals surface area contributed by atoms with Crippen molar-refractivity contribution in [3.8, 4) is 11.5 Å². The monoisotopic (exact) mass is 298 g/mol. The number of benzene rings is 2. The molecule has 0 unspecified atom stereocenters. The molecule has 114 valence electrons. The fourth-order valence-electron chi connectivity index (χ4n) is 2.09. The summed E-state index contributed by atoms with van der Waals surface area (Å²) in [5.41, 5.74) is 2.07. The molecule has 0 aliphatic heterocycles. The Bertz CT molecular complexity index is 675. The highest BCUT2D eigenvalue weighted by Gasteiger charge is 2.18. The van der Waals surface area contributed by atoms with Crippen molar-refractivity contribution in [1.29, 1.82) is 0 Å². The van der Waals surface area contributed by atoms with Crippen molar-refractivity contribution in [3.05, 3.63) is 59.2 Å². The Labute approximate surface area is 129 Å². The van der Waals surface area contributed by atoms with E-state index in [0.29, 0.717) is 22.6 Å². The van der Waals surface area contributed by atoms with Gasteiger partial charge < -0.3 is 14.2 Å².